The van der Waals surface area contributed by atoms with E-state index < -0.39 is 24.1 Å². The fraction of sp³-hybridized carbons (Fsp3) is 0.714. The van der Waals surface area contributed by atoms with E-state index in [1.165, 1.54) is 20.9 Å². The molecule has 0 aliphatic carbocycles. The lowest BCUT2D eigenvalue weighted by atomic mass is 10.3. The van der Waals surface area contributed by atoms with Crippen LogP contribution >= 0.6 is 0 Å². The van der Waals surface area contributed by atoms with Crippen LogP contribution in [0.1, 0.15) is 13.8 Å². The first-order chi connectivity index (χ1) is 5.49. The van der Waals surface area contributed by atoms with E-state index in [1.807, 2.05) is 0 Å². The van der Waals surface area contributed by atoms with E-state index in [4.69, 9.17) is 5.11 Å². The van der Waals surface area contributed by atoms with Gasteiger partial charge in [0.25, 0.3) is 5.91 Å². The normalized spacial score (nSPS) is 14.7. The van der Waals surface area contributed by atoms with Gasteiger partial charge in [0.15, 0.2) is 6.10 Å². The molecule has 0 aliphatic heterocycles. The summed E-state index contributed by atoms with van der Waals surface area (Å²) in [5.41, 5.74) is 0. The van der Waals surface area contributed by atoms with Crippen molar-refractivity contribution < 1.29 is 19.4 Å². The maximum atomic E-state index is 10.8. The van der Waals surface area contributed by atoms with Gasteiger partial charge < -0.3 is 15.2 Å². The molecular formula is C7H13NO4. The summed E-state index contributed by atoms with van der Waals surface area (Å²) >= 11 is 0. The number of nitrogens with one attached hydrogen (secondary N) is 1. The van der Waals surface area contributed by atoms with Crippen molar-refractivity contribution in [2.75, 3.05) is 7.05 Å². The molecule has 5 nitrogen and oxygen atoms in total. The van der Waals surface area contributed by atoms with Crippen molar-refractivity contribution in [3.8, 4) is 0 Å². The third kappa shape index (κ3) is 3.34. The number of hydrogen-bond donors (Lipinski definition) is 2. The summed E-state index contributed by atoms with van der Waals surface area (Å²) in [4.78, 5) is 21.5. The second kappa shape index (κ2) is 4.71. The molecule has 2 unspecified atom stereocenters. The predicted molar refractivity (Wildman–Crippen MR) is 41.3 cm³/mol. The average Bonchev–Trinajstić information content (AvgIpc) is 2.02. The molecule has 0 aromatic carbocycles. The van der Waals surface area contributed by atoms with Gasteiger partial charge in [-0.3, -0.25) is 4.79 Å². The number of carbonyl (C=O) groups is 2. The van der Waals surface area contributed by atoms with Crippen molar-refractivity contribution in [2.24, 2.45) is 0 Å². The molecule has 0 aromatic heterocycles. The van der Waals surface area contributed by atoms with Crippen molar-refractivity contribution in [3.63, 3.8) is 0 Å². The second-order valence-corrected chi connectivity index (χ2v) is 2.37. The van der Waals surface area contributed by atoms with Gasteiger partial charge in [-0.25, -0.2) is 4.79 Å². The maximum absolute atomic E-state index is 10.8. The third-order valence-corrected chi connectivity index (χ3v) is 1.25. The Morgan fingerprint density at radius 2 is 1.92 bits per heavy atom. The van der Waals surface area contributed by atoms with Crippen molar-refractivity contribution in [2.45, 2.75) is 26.1 Å². The largest absolute Gasteiger partial charge is 0.451 e. The standard InChI is InChI=1S/C7H13NO4/c1-4(9)7(11)12-5(2)6(10)8-3/h4-5,9H,1-3H3,(H,8,10). The number of carbonyl (C=O) groups excluding carboxylic acids is 2. The molecule has 5 heteroatoms. The van der Waals surface area contributed by atoms with Crippen LogP contribution in [0, 0.1) is 0 Å². The lowest BCUT2D eigenvalue weighted by Gasteiger charge is -2.12. The molecular weight excluding hydrogens is 162 g/mol. The highest BCUT2D eigenvalue weighted by atomic mass is 16.6. The van der Waals surface area contributed by atoms with Gasteiger partial charge in [-0.2, -0.15) is 0 Å². The van der Waals surface area contributed by atoms with Crippen LogP contribution in [0.2, 0.25) is 0 Å². The number of ether oxygens (including phenoxy) is 1. The summed E-state index contributed by atoms with van der Waals surface area (Å²) in [6, 6.07) is 0. The average molecular weight is 175 g/mol. The second-order valence-electron chi connectivity index (χ2n) is 2.37. The van der Waals surface area contributed by atoms with Gasteiger partial charge in [0, 0.05) is 7.05 Å². The van der Waals surface area contributed by atoms with Crippen LogP contribution in [-0.4, -0.2) is 36.2 Å². The van der Waals surface area contributed by atoms with Gasteiger partial charge >= 0.3 is 5.97 Å². The van der Waals surface area contributed by atoms with Crippen LogP contribution in [0.3, 0.4) is 0 Å². The Kier molecular flexibility index (Phi) is 4.28. The number of rotatable bonds is 3. The first-order valence-electron chi connectivity index (χ1n) is 3.59. The maximum Gasteiger partial charge on any atom is 0.335 e. The molecule has 0 aromatic rings. The Bertz CT molecular complexity index is 178. The van der Waals surface area contributed by atoms with E-state index in [0.29, 0.717) is 0 Å². The Hall–Kier alpha value is -1.10. The minimum absolute atomic E-state index is 0.399. The topological polar surface area (TPSA) is 75.6 Å². The summed E-state index contributed by atoms with van der Waals surface area (Å²) in [5.74, 6) is -1.20. The molecule has 0 spiro atoms. The van der Waals surface area contributed by atoms with Gasteiger partial charge in [0.05, 0.1) is 0 Å². The zero-order valence-corrected chi connectivity index (χ0v) is 7.33. The minimum Gasteiger partial charge on any atom is -0.451 e. The van der Waals surface area contributed by atoms with E-state index >= 15 is 0 Å². The summed E-state index contributed by atoms with van der Waals surface area (Å²) in [6.07, 6.45) is -2.06. The Labute approximate surface area is 70.7 Å². The molecule has 2 atom stereocenters. The SMILES string of the molecule is CNC(=O)C(C)OC(=O)C(C)O. The first-order valence-corrected chi connectivity index (χ1v) is 3.59. The quantitative estimate of drug-likeness (QED) is 0.542. The zero-order valence-electron chi connectivity index (χ0n) is 7.33. The van der Waals surface area contributed by atoms with Crippen molar-refractivity contribution >= 4 is 11.9 Å². The molecule has 0 aliphatic rings. The van der Waals surface area contributed by atoms with E-state index in [2.05, 4.69) is 10.1 Å². The molecule has 1 amide bonds. The van der Waals surface area contributed by atoms with Gasteiger partial charge in [0.1, 0.15) is 6.10 Å². The van der Waals surface area contributed by atoms with E-state index in [-0.39, 0.29) is 0 Å². The van der Waals surface area contributed by atoms with Crippen LogP contribution in [0.5, 0.6) is 0 Å². The highest BCUT2D eigenvalue weighted by molar-refractivity contribution is 5.84. The van der Waals surface area contributed by atoms with Crippen molar-refractivity contribution in [1.29, 1.82) is 0 Å². The Balaban J connectivity index is 3.92. The molecule has 0 radical (unpaired) electrons. The van der Waals surface area contributed by atoms with Crippen LogP contribution in [0.15, 0.2) is 0 Å². The number of esters is 1. The highest BCUT2D eigenvalue weighted by Crippen LogP contribution is 1.94. The molecule has 0 saturated heterocycles. The van der Waals surface area contributed by atoms with Crippen molar-refractivity contribution in [3.05, 3.63) is 0 Å². The summed E-state index contributed by atoms with van der Waals surface area (Å²) in [5, 5.41) is 11.0. The summed E-state index contributed by atoms with van der Waals surface area (Å²) < 4.78 is 4.56. The smallest absolute Gasteiger partial charge is 0.335 e. The summed E-state index contributed by atoms with van der Waals surface area (Å²) in [6.45, 7) is 2.71. The van der Waals surface area contributed by atoms with Crippen LogP contribution in [-0.2, 0) is 14.3 Å². The summed E-state index contributed by atoms with van der Waals surface area (Å²) in [7, 11) is 1.44. The van der Waals surface area contributed by atoms with Crippen LogP contribution in [0.4, 0.5) is 0 Å². The lowest BCUT2D eigenvalue weighted by Crippen LogP contribution is -2.35. The third-order valence-electron chi connectivity index (χ3n) is 1.25. The molecule has 12 heavy (non-hydrogen) atoms. The lowest BCUT2D eigenvalue weighted by molar-refractivity contribution is -0.161. The van der Waals surface area contributed by atoms with E-state index in [1.54, 1.807) is 0 Å². The number of aliphatic hydroxyl groups excluding tert-OH is 1. The van der Waals surface area contributed by atoms with Gasteiger partial charge in [0.2, 0.25) is 0 Å². The molecule has 70 valence electrons. The number of aliphatic hydroxyl groups is 1. The Morgan fingerprint density at radius 1 is 1.42 bits per heavy atom. The Morgan fingerprint density at radius 3 is 2.25 bits per heavy atom. The highest BCUT2D eigenvalue weighted by Gasteiger charge is 2.18. The zero-order chi connectivity index (χ0) is 9.72. The predicted octanol–water partition coefficient (Wildman–Crippen LogP) is -0.955. The first kappa shape index (κ1) is 10.9. The molecule has 0 fully saturated rings. The van der Waals surface area contributed by atoms with Crippen molar-refractivity contribution in [1.82, 2.24) is 5.32 Å². The monoisotopic (exact) mass is 175 g/mol. The van der Waals surface area contributed by atoms with Crippen LogP contribution < -0.4 is 5.32 Å². The molecule has 2 N–H and O–H groups in total. The number of likely N-dealkylation sites (N-methyl/N-ethyl adjacent to an activating group) is 1. The van der Waals surface area contributed by atoms with E-state index in [0.717, 1.165) is 0 Å². The fourth-order valence-corrected chi connectivity index (χ4v) is 0.529. The molecule has 0 heterocycles. The minimum atomic E-state index is -1.20. The van der Waals surface area contributed by atoms with Gasteiger partial charge in [-0.1, -0.05) is 0 Å². The van der Waals surface area contributed by atoms with Crippen LogP contribution in [0.25, 0.3) is 0 Å². The van der Waals surface area contributed by atoms with E-state index in [9.17, 15) is 9.59 Å². The number of amides is 1. The van der Waals surface area contributed by atoms with Gasteiger partial charge in [-0.05, 0) is 13.8 Å². The van der Waals surface area contributed by atoms with Gasteiger partial charge in [-0.15, -0.1) is 0 Å². The molecule has 0 saturated carbocycles. The molecule has 0 bridgehead atoms. The number of hydrogen-bond acceptors (Lipinski definition) is 4. The molecule has 0 rings (SSSR count). The fourth-order valence-electron chi connectivity index (χ4n) is 0.529.